The number of hydrogen-bond donors (Lipinski definition) is 1. The van der Waals surface area contributed by atoms with Crippen LogP contribution >= 0.6 is 12.2 Å². The number of nitrogens with two attached hydrogens (primary N) is 1. The van der Waals surface area contributed by atoms with Crippen LogP contribution in [0.3, 0.4) is 0 Å². The number of hydrogen-bond acceptors (Lipinski definition) is 3. The average Bonchev–Trinajstić information content (AvgIpc) is 2.31. The van der Waals surface area contributed by atoms with Crippen LogP contribution in [0.2, 0.25) is 0 Å². The van der Waals surface area contributed by atoms with Crippen molar-refractivity contribution in [2.75, 3.05) is 33.2 Å². The molecule has 0 aromatic rings. The highest BCUT2D eigenvalue weighted by molar-refractivity contribution is 7.80. The summed E-state index contributed by atoms with van der Waals surface area (Å²) in [5.74, 6) is 0.180. The number of carbonyl (C=O) groups excluding carboxylic acids is 1. The third-order valence-electron chi connectivity index (χ3n) is 3.74. The van der Waals surface area contributed by atoms with Crippen LogP contribution in [0, 0.1) is 5.41 Å². The first-order valence-corrected chi connectivity index (χ1v) is 7.46. The molecule has 110 valence electrons. The van der Waals surface area contributed by atoms with Gasteiger partial charge in [-0.25, -0.2) is 0 Å². The highest BCUT2D eigenvalue weighted by Gasteiger charge is 2.26. The molecule has 1 heterocycles. The summed E-state index contributed by atoms with van der Waals surface area (Å²) in [5.41, 5.74) is 5.83. The normalized spacial score (nSPS) is 19.1. The molecule has 0 aromatic heterocycles. The fourth-order valence-corrected chi connectivity index (χ4v) is 2.67. The van der Waals surface area contributed by atoms with Crippen molar-refractivity contribution < 1.29 is 4.79 Å². The van der Waals surface area contributed by atoms with Crippen molar-refractivity contribution >= 4 is 23.1 Å². The molecule has 1 fully saturated rings. The Labute approximate surface area is 122 Å². The number of piperidine rings is 1. The summed E-state index contributed by atoms with van der Waals surface area (Å²) in [6.45, 7) is 8.30. The minimum Gasteiger partial charge on any atom is -0.393 e. The van der Waals surface area contributed by atoms with Gasteiger partial charge < -0.3 is 15.5 Å². The third-order valence-corrected chi connectivity index (χ3v) is 3.94. The summed E-state index contributed by atoms with van der Waals surface area (Å²) in [5, 5.41) is 0. The van der Waals surface area contributed by atoms with Gasteiger partial charge in [0.25, 0.3) is 0 Å². The van der Waals surface area contributed by atoms with E-state index in [2.05, 4.69) is 18.7 Å². The summed E-state index contributed by atoms with van der Waals surface area (Å²) in [4.78, 5) is 16.6. The lowest BCUT2D eigenvalue weighted by atomic mass is 9.84. The van der Waals surface area contributed by atoms with E-state index in [9.17, 15) is 4.79 Å². The minimum absolute atomic E-state index is 0.180. The number of likely N-dealkylation sites (tertiary alicyclic amines) is 1. The zero-order valence-corrected chi connectivity index (χ0v) is 13.3. The van der Waals surface area contributed by atoms with E-state index in [1.54, 1.807) is 4.90 Å². The smallest absolute Gasteiger partial charge is 0.223 e. The maximum absolute atomic E-state index is 12.0. The van der Waals surface area contributed by atoms with Crippen molar-refractivity contribution in [1.29, 1.82) is 0 Å². The molecule has 0 bridgehead atoms. The molecule has 1 saturated heterocycles. The molecule has 1 amide bonds. The van der Waals surface area contributed by atoms with Gasteiger partial charge in [0.2, 0.25) is 5.91 Å². The Balaban J connectivity index is 2.27. The van der Waals surface area contributed by atoms with Gasteiger partial charge in [0.05, 0.1) is 4.99 Å². The Hall–Kier alpha value is -0.680. The van der Waals surface area contributed by atoms with E-state index >= 15 is 0 Å². The minimum atomic E-state index is 0.180. The Kier molecular flexibility index (Phi) is 6.20. The molecular weight excluding hydrogens is 258 g/mol. The van der Waals surface area contributed by atoms with Gasteiger partial charge in [0.1, 0.15) is 0 Å². The monoisotopic (exact) mass is 285 g/mol. The number of amides is 1. The Morgan fingerprint density at radius 1 is 1.42 bits per heavy atom. The van der Waals surface area contributed by atoms with Gasteiger partial charge in [-0.3, -0.25) is 4.79 Å². The molecule has 0 radical (unpaired) electrons. The molecule has 1 aliphatic rings. The maximum atomic E-state index is 12.0. The van der Waals surface area contributed by atoms with E-state index in [1.807, 2.05) is 7.05 Å². The number of rotatable bonds is 6. The van der Waals surface area contributed by atoms with Gasteiger partial charge in [-0.2, -0.15) is 0 Å². The third kappa shape index (κ3) is 6.34. The molecule has 19 heavy (non-hydrogen) atoms. The van der Waals surface area contributed by atoms with Crippen LogP contribution in [0.4, 0.5) is 0 Å². The van der Waals surface area contributed by atoms with Crippen LogP contribution in [0.15, 0.2) is 0 Å². The van der Waals surface area contributed by atoms with Crippen LogP contribution in [-0.2, 0) is 4.79 Å². The second-order valence-corrected chi connectivity index (χ2v) is 6.85. The zero-order valence-electron chi connectivity index (χ0n) is 12.4. The molecule has 0 unspecified atom stereocenters. The highest BCUT2D eigenvalue weighted by Crippen LogP contribution is 2.28. The molecule has 2 N–H and O–H groups in total. The predicted molar refractivity (Wildman–Crippen MR) is 83.1 cm³/mol. The van der Waals surface area contributed by atoms with Crippen molar-refractivity contribution in [3.8, 4) is 0 Å². The lowest BCUT2D eigenvalue weighted by molar-refractivity contribution is -0.130. The summed E-state index contributed by atoms with van der Waals surface area (Å²) in [7, 11) is 1.82. The van der Waals surface area contributed by atoms with E-state index < -0.39 is 0 Å². The predicted octanol–water partition coefficient (Wildman–Crippen LogP) is 1.63. The van der Waals surface area contributed by atoms with E-state index in [0.29, 0.717) is 29.8 Å². The van der Waals surface area contributed by atoms with Crippen LogP contribution in [-0.4, -0.2) is 53.9 Å². The molecule has 0 atom stereocenters. The van der Waals surface area contributed by atoms with Gasteiger partial charge in [0.15, 0.2) is 0 Å². The quantitative estimate of drug-likeness (QED) is 0.754. The molecule has 0 spiro atoms. The van der Waals surface area contributed by atoms with Gasteiger partial charge >= 0.3 is 0 Å². The van der Waals surface area contributed by atoms with Gasteiger partial charge in [-0.05, 0) is 24.8 Å². The highest BCUT2D eigenvalue weighted by atomic mass is 32.1. The number of nitrogens with zero attached hydrogens (tertiary/aromatic N) is 2. The first kappa shape index (κ1) is 16.4. The van der Waals surface area contributed by atoms with Crippen LogP contribution in [0.25, 0.3) is 0 Å². The van der Waals surface area contributed by atoms with Gasteiger partial charge in [-0.1, -0.05) is 26.1 Å². The summed E-state index contributed by atoms with van der Waals surface area (Å²) < 4.78 is 0. The van der Waals surface area contributed by atoms with Crippen LogP contribution < -0.4 is 5.73 Å². The first-order chi connectivity index (χ1) is 8.80. The fraction of sp³-hybridized carbons (Fsp3) is 0.857. The Morgan fingerprint density at radius 2 is 2.11 bits per heavy atom. The fourth-order valence-electron chi connectivity index (χ4n) is 2.58. The molecule has 5 heteroatoms. The summed E-state index contributed by atoms with van der Waals surface area (Å²) in [6.07, 6.45) is 3.71. The molecular formula is C14H27N3OS. The number of carbonyl (C=O) groups is 1. The molecule has 0 aromatic carbocycles. The van der Waals surface area contributed by atoms with Crippen LogP contribution in [0.5, 0.6) is 0 Å². The van der Waals surface area contributed by atoms with Gasteiger partial charge in [0, 0.05) is 39.5 Å². The Morgan fingerprint density at radius 3 is 2.68 bits per heavy atom. The van der Waals surface area contributed by atoms with Crippen molar-refractivity contribution in [1.82, 2.24) is 9.80 Å². The molecule has 4 nitrogen and oxygen atoms in total. The Bertz CT molecular complexity index is 331. The van der Waals surface area contributed by atoms with E-state index in [1.165, 1.54) is 12.8 Å². The van der Waals surface area contributed by atoms with E-state index in [4.69, 9.17) is 18.0 Å². The topological polar surface area (TPSA) is 49.6 Å². The second-order valence-electron chi connectivity index (χ2n) is 6.33. The van der Waals surface area contributed by atoms with Crippen molar-refractivity contribution in [2.45, 2.75) is 39.5 Å². The van der Waals surface area contributed by atoms with Gasteiger partial charge in [-0.15, -0.1) is 0 Å². The molecule has 1 aliphatic heterocycles. The first-order valence-electron chi connectivity index (χ1n) is 7.05. The van der Waals surface area contributed by atoms with E-state index in [0.717, 1.165) is 19.6 Å². The summed E-state index contributed by atoms with van der Waals surface area (Å²) in [6, 6.07) is 0. The van der Waals surface area contributed by atoms with Crippen molar-refractivity contribution in [3.05, 3.63) is 0 Å². The zero-order chi connectivity index (χ0) is 14.5. The lowest BCUT2D eigenvalue weighted by Crippen LogP contribution is -2.42. The lowest BCUT2D eigenvalue weighted by Gasteiger charge is -2.38. The number of thiocarbonyl (C=S) groups is 1. The molecule has 1 rings (SSSR count). The van der Waals surface area contributed by atoms with E-state index in [-0.39, 0.29) is 5.91 Å². The SMILES string of the molecule is CN(CCC(N)=S)C(=O)CCN1CCCC(C)(C)C1. The largest absolute Gasteiger partial charge is 0.393 e. The second kappa shape index (κ2) is 7.20. The maximum Gasteiger partial charge on any atom is 0.223 e. The summed E-state index contributed by atoms with van der Waals surface area (Å²) >= 11 is 4.82. The average molecular weight is 285 g/mol. The van der Waals surface area contributed by atoms with Crippen LogP contribution in [0.1, 0.15) is 39.5 Å². The molecule has 0 aliphatic carbocycles. The molecule has 0 saturated carbocycles. The van der Waals surface area contributed by atoms with Crippen molar-refractivity contribution in [2.24, 2.45) is 11.1 Å². The standard InChI is InChI=1S/C14H27N3OS/c1-14(2)7-4-8-17(11-14)10-6-13(18)16(3)9-5-12(15)19/h4-11H2,1-3H3,(H2,15,19). The van der Waals surface area contributed by atoms with Crippen molar-refractivity contribution in [3.63, 3.8) is 0 Å².